The third kappa shape index (κ3) is 6.28. The normalized spacial score (nSPS) is 12.0. The van der Waals surface area contributed by atoms with Gasteiger partial charge in [-0.25, -0.2) is 4.98 Å². The van der Waals surface area contributed by atoms with Crippen LogP contribution in [0.5, 0.6) is 0 Å². The predicted octanol–water partition coefficient (Wildman–Crippen LogP) is 1.57. The molecule has 0 spiro atoms. The third-order valence-electron chi connectivity index (χ3n) is 2.00. The molecule has 4 nitrogen and oxygen atoms in total. The van der Waals surface area contributed by atoms with Crippen LogP contribution in [-0.2, 0) is 17.8 Å². The van der Waals surface area contributed by atoms with Crippen LogP contribution in [0, 0.1) is 0 Å². The minimum atomic E-state index is -4.26. The molecule has 0 saturated carbocycles. The highest BCUT2D eigenvalue weighted by Gasteiger charge is 2.27. The van der Waals surface area contributed by atoms with Crippen LogP contribution in [-0.4, -0.2) is 35.5 Å². The van der Waals surface area contributed by atoms with E-state index in [1.165, 1.54) is 0 Å². The van der Waals surface area contributed by atoms with Crippen LogP contribution >= 0.6 is 0 Å². The van der Waals surface area contributed by atoms with Crippen molar-refractivity contribution in [2.75, 3.05) is 19.8 Å². The fraction of sp³-hybridized carbons (Fsp3) is 0.700. The van der Waals surface area contributed by atoms with Gasteiger partial charge in [0.2, 0.25) is 0 Å². The number of alkyl halides is 3. The number of hydrogen-bond acceptors (Lipinski definition) is 3. The monoisotopic (exact) mass is 251 g/mol. The lowest BCUT2D eigenvalue weighted by Gasteiger charge is -2.07. The number of hydrogen-bond donors (Lipinski definition) is 1. The number of nitrogens with one attached hydrogen (secondary N) is 1. The summed E-state index contributed by atoms with van der Waals surface area (Å²) in [4.78, 5) is 4.10. The van der Waals surface area contributed by atoms with Gasteiger partial charge in [-0.3, -0.25) is 0 Å². The lowest BCUT2D eigenvalue weighted by Crippen LogP contribution is -2.18. The summed E-state index contributed by atoms with van der Waals surface area (Å²) in [7, 11) is 0. The van der Waals surface area contributed by atoms with Gasteiger partial charge in [-0.15, -0.1) is 0 Å². The Morgan fingerprint density at radius 2 is 2.24 bits per heavy atom. The van der Waals surface area contributed by atoms with Crippen LogP contribution in [0.3, 0.4) is 0 Å². The van der Waals surface area contributed by atoms with Crippen LogP contribution in [0.2, 0.25) is 0 Å². The molecule has 0 unspecified atom stereocenters. The quantitative estimate of drug-likeness (QED) is 0.748. The standard InChI is InChI=1S/C10H16F3N3O/c1-2-14-5-9-6-16(8-15-9)3-4-17-7-10(11,12)13/h6,8,14H,2-5,7H2,1H3. The van der Waals surface area contributed by atoms with Crippen molar-refractivity contribution in [3.05, 3.63) is 18.2 Å². The maximum absolute atomic E-state index is 11.8. The van der Waals surface area contributed by atoms with E-state index in [1.54, 1.807) is 17.1 Å². The van der Waals surface area contributed by atoms with E-state index in [2.05, 4.69) is 15.0 Å². The average molecular weight is 251 g/mol. The first-order valence-electron chi connectivity index (χ1n) is 5.37. The maximum atomic E-state index is 11.8. The van der Waals surface area contributed by atoms with Gasteiger partial charge in [-0.2, -0.15) is 13.2 Å². The van der Waals surface area contributed by atoms with Gasteiger partial charge in [0.1, 0.15) is 6.61 Å². The van der Waals surface area contributed by atoms with Gasteiger partial charge in [-0.05, 0) is 6.54 Å². The van der Waals surface area contributed by atoms with Crippen LogP contribution in [0.15, 0.2) is 12.5 Å². The molecule has 17 heavy (non-hydrogen) atoms. The van der Waals surface area contributed by atoms with E-state index >= 15 is 0 Å². The fourth-order valence-electron chi connectivity index (χ4n) is 1.23. The van der Waals surface area contributed by atoms with E-state index in [0.29, 0.717) is 13.1 Å². The summed E-state index contributed by atoms with van der Waals surface area (Å²) in [5, 5.41) is 3.11. The summed E-state index contributed by atoms with van der Waals surface area (Å²) in [5.74, 6) is 0. The fourth-order valence-corrected chi connectivity index (χ4v) is 1.23. The third-order valence-corrected chi connectivity index (χ3v) is 2.00. The summed E-state index contributed by atoms with van der Waals surface area (Å²) in [6.45, 7) is 2.69. The van der Waals surface area contributed by atoms with Gasteiger partial charge in [0.15, 0.2) is 0 Å². The smallest absolute Gasteiger partial charge is 0.370 e. The molecule has 7 heteroatoms. The lowest BCUT2D eigenvalue weighted by atomic mass is 10.4. The van der Waals surface area contributed by atoms with Gasteiger partial charge in [-0.1, -0.05) is 6.92 Å². The van der Waals surface area contributed by atoms with Crippen LogP contribution in [0.1, 0.15) is 12.6 Å². The van der Waals surface area contributed by atoms with Crippen molar-refractivity contribution in [2.45, 2.75) is 26.2 Å². The Morgan fingerprint density at radius 3 is 2.88 bits per heavy atom. The highest BCUT2D eigenvalue weighted by Crippen LogP contribution is 2.14. The second kappa shape index (κ2) is 6.61. The highest BCUT2D eigenvalue weighted by atomic mass is 19.4. The second-order valence-corrected chi connectivity index (χ2v) is 3.55. The van der Waals surface area contributed by atoms with E-state index < -0.39 is 12.8 Å². The van der Waals surface area contributed by atoms with Crippen molar-refractivity contribution in [1.82, 2.24) is 14.9 Å². The van der Waals surface area contributed by atoms with Crippen LogP contribution in [0.4, 0.5) is 13.2 Å². The number of aromatic nitrogens is 2. The average Bonchev–Trinajstić information content (AvgIpc) is 2.68. The van der Waals surface area contributed by atoms with E-state index in [9.17, 15) is 13.2 Å². The van der Waals surface area contributed by atoms with Gasteiger partial charge in [0.05, 0.1) is 18.6 Å². The zero-order valence-corrected chi connectivity index (χ0v) is 9.63. The van der Waals surface area contributed by atoms with Crippen molar-refractivity contribution in [2.24, 2.45) is 0 Å². The molecule has 1 N–H and O–H groups in total. The summed E-state index contributed by atoms with van der Waals surface area (Å²) in [5.41, 5.74) is 0.864. The van der Waals surface area contributed by atoms with Crippen LogP contribution in [0.25, 0.3) is 0 Å². The highest BCUT2D eigenvalue weighted by molar-refractivity contribution is 4.95. The molecule has 0 aliphatic rings. The molecule has 1 aromatic rings. The summed E-state index contributed by atoms with van der Waals surface area (Å²) in [6.07, 6.45) is -0.881. The minimum Gasteiger partial charge on any atom is -0.370 e. The molecule has 1 rings (SSSR count). The Balaban J connectivity index is 2.21. The molecule has 98 valence electrons. The first-order valence-corrected chi connectivity index (χ1v) is 5.37. The van der Waals surface area contributed by atoms with Gasteiger partial charge in [0, 0.05) is 19.3 Å². The molecule has 0 fully saturated rings. The van der Waals surface area contributed by atoms with Gasteiger partial charge < -0.3 is 14.6 Å². The molecule has 0 radical (unpaired) electrons. The van der Waals surface area contributed by atoms with Gasteiger partial charge >= 0.3 is 6.18 Å². The maximum Gasteiger partial charge on any atom is 0.411 e. The second-order valence-electron chi connectivity index (χ2n) is 3.55. The molecule has 0 bridgehead atoms. The first kappa shape index (κ1) is 14.0. The number of rotatable bonds is 7. The Morgan fingerprint density at radius 1 is 1.47 bits per heavy atom. The Bertz CT molecular complexity index is 325. The Hall–Kier alpha value is -1.08. The van der Waals surface area contributed by atoms with Crippen LogP contribution < -0.4 is 5.32 Å². The van der Waals surface area contributed by atoms with E-state index in [-0.39, 0.29) is 6.61 Å². The largest absolute Gasteiger partial charge is 0.411 e. The molecule has 0 amide bonds. The number of imidazole rings is 1. The zero-order chi connectivity index (χ0) is 12.7. The van der Waals surface area contributed by atoms with Crippen molar-refractivity contribution in [1.29, 1.82) is 0 Å². The van der Waals surface area contributed by atoms with Crippen molar-refractivity contribution < 1.29 is 17.9 Å². The Kier molecular flexibility index (Phi) is 5.43. The number of ether oxygens (including phenoxy) is 1. The summed E-state index contributed by atoms with van der Waals surface area (Å²) in [6, 6.07) is 0. The molecular weight excluding hydrogens is 235 g/mol. The van der Waals surface area contributed by atoms with Crippen molar-refractivity contribution >= 4 is 0 Å². The molecule has 0 aliphatic carbocycles. The number of nitrogens with zero attached hydrogens (tertiary/aromatic N) is 2. The predicted molar refractivity (Wildman–Crippen MR) is 56.5 cm³/mol. The van der Waals surface area contributed by atoms with E-state index in [4.69, 9.17) is 0 Å². The Labute approximate surface area is 97.8 Å². The molecule has 0 aliphatic heterocycles. The van der Waals surface area contributed by atoms with E-state index in [1.807, 2.05) is 6.92 Å². The zero-order valence-electron chi connectivity index (χ0n) is 9.63. The SMILES string of the molecule is CCNCc1cn(CCOCC(F)(F)F)cn1. The molecule has 1 heterocycles. The topological polar surface area (TPSA) is 39.1 Å². The minimum absolute atomic E-state index is 0.0243. The molecule has 0 saturated heterocycles. The summed E-state index contributed by atoms with van der Waals surface area (Å²) >= 11 is 0. The molecule has 0 atom stereocenters. The van der Waals surface area contributed by atoms with Crippen molar-refractivity contribution in [3.63, 3.8) is 0 Å². The molecular formula is C10H16F3N3O. The summed E-state index contributed by atoms with van der Waals surface area (Å²) < 4.78 is 41.5. The van der Waals surface area contributed by atoms with Crippen molar-refractivity contribution in [3.8, 4) is 0 Å². The number of halogens is 3. The first-order chi connectivity index (χ1) is 8.01. The lowest BCUT2D eigenvalue weighted by molar-refractivity contribution is -0.174. The van der Waals surface area contributed by atoms with Gasteiger partial charge in [0.25, 0.3) is 0 Å². The molecule has 1 aromatic heterocycles. The molecule has 0 aromatic carbocycles. The van der Waals surface area contributed by atoms with E-state index in [0.717, 1.165) is 12.2 Å².